The molecule has 1 rings (SSSR count). The molecule has 1 saturated heterocycles. The molecule has 2 nitrogen and oxygen atoms in total. The Labute approximate surface area is 92.5 Å². The zero-order valence-electron chi connectivity index (χ0n) is 7.44. The maximum atomic E-state index is 11.1. The number of alkyl halides is 3. The fraction of sp³-hybridized carbons (Fsp3) is 0.875. The maximum Gasteiger partial charge on any atom is 0.306 e. The summed E-state index contributed by atoms with van der Waals surface area (Å²) in [7, 11) is 0. The van der Waals surface area contributed by atoms with Crippen LogP contribution >= 0.6 is 34.8 Å². The number of esters is 1. The Balaban J connectivity index is 2.74. The van der Waals surface area contributed by atoms with E-state index in [9.17, 15) is 4.79 Å². The molecule has 0 radical (unpaired) electrons. The fourth-order valence-corrected chi connectivity index (χ4v) is 1.75. The summed E-state index contributed by atoms with van der Waals surface area (Å²) in [6.07, 6.45) is 0.327. The maximum absolute atomic E-state index is 11.1. The smallest absolute Gasteiger partial charge is 0.306 e. The number of ether oxygens (including phenoxy) is 1. The van der Waals surface area contributed by atoms with Crippen molar-refractivity contribution in [2.75, 3.05) is 0 Å². The van der Waals surface area contributed by atoms with Crippen LogP contribution in [-0.4, -0.2) is 15.9 Å². The number of hydrogen-bond acceptors (Lipinski definition) is 2. The van der Waals surface area contributed by atoms with Gasteiger partial charge in [-0.3, -0.25) is 4.79 Å². The van der Waals surface area contributed by atoms with E-state index in [1.807, 2.05) is 13.8 Å². The first-order chi connectivity index (χ1) is 5.71. The van der Waals surface area contributed by atoms with Crippen molar-refractivity contribution in [2.45, 2.75) is 36.6 Å². The van der Waals surface area contributed by atoms with E-state index >= 15 is 0 Å². The highest BCUT2D eigenvalue weighted by atomic mass is 35.6. The molecular formula is C8H11Cl3O2. The first-order valence-corrected chi connectivity index (χ1v) is 5.10. The number of carbonyl (C=O) groups is 1. The molecule has 76 valence electrons. The normalized spacial score (nSPS) is 28.4. The van der Waals surface area contributed by atoms with Crippen molar-refractivity contribution in [1.29, 1.82) is 0 Å². The van der Waals surface area contributed by atoms with Crippen LogP contribution in [-0.2, 0) is 9.53 Å². The molecule has 0 spiro atoms. The molecule has 0 saturated carbocycles. The Morgan fingerprint density at radius 2 is 2.00 bits per heavy atom. The minimum absolute atomic E-state index is 0.149. The number of rotatable bonds is 0. The standard InChI is InChI=1S/C8H11Cl3O2/c1-7(2)3-5(8(9,10)11)13-6(12)4-7/h5H,3-4H2,1-2H3. The summed E-state index contributed by atoms with van der Waals surface area (Å²) < 4.78 is 3.43. The predicted molar refractivity (Wildman–Crippen MR) is 53.2 cm³/mol. The predicted octanol–water partition coefficient (Wildman–Crippen LogP) is 3.09. The monoisotopic (exact) mass is 244 g/mol. The van der Waals surface area contributed by atoms with Crippen LogP contribution in [0.25, 0.3) is 0 Å². The van der Waals surface area contributed by atoms with Crippen molar-refractivity contribution in [3.8, 4) is 0 Å². The topological polar surface area (TPSA) is 26.3 Å². The lowest BCUT2D eigenvalue weighted by Gasteiger charge is -2.37. The molecule has 1 fully saturated rings. The van der Waals surface area contributed by atoms with Crippen molar-refractivity contribution in [3.63, 3.8) is 0 Å². The van der Waals surface area contributed by atoms with E-state index in [2.05, 4.69) is 0 Å². The summed E-state index contributed by atoms with van der Waals surface area (Å²) in [4.78, 5) is 11.1. The van der Waals surface area contributed by atoms with E-state index in [-0.39, 0.29) is 11.4 Å². The van der Waals surface area contributed by atoms with Gasteiger partial charge in [0.15, 0.2) is 0 Å². The first-order valence-electron chi connectivity index (χ1n) is 3.97. The van der Waals surface area contributed by atoms with Crippen molar-refractivity contribution in [2.24, 2.45) is 5.41 Å². The molecule has 0 aromatic rings. The van der Waals surface area contributed by atoms with Gasteiger partial charge >= 0.3 is 5.97 Å². The molecule has 0 aromatic heterocycles. The van der Waals surface area contributed by atoms with Gasteiger partial charge in [0.25, 0.3) is 0 Å². The molecular weight excluding hydrogens is 234 g/mol. The van der Waals surface area contributed by atoms with Crippen LogP contribution in [0.15, 0.2) is 0 Å². The first kappa shape index (κ1) is 11.4. The molecule has 0 aliphatic carbocycles. The number of cyclic esters (lactones) is 1. The summed E-state index contributed by atoms with van der Waals surface area (Å²) in [5.74, 6) is -0.299. The van der Waals surface area contributed by atoms with Gasteiger partial charge in [0, 0.05) is 0 Å². The summed E-state index contributed by atoms with van der Waals surface area (Å²) in [5, 5.41) is 0. The van der Waals surface area contributed by atoms with E-state index < -0.39 is 9.90 Å². The molecule has 1 unspecified atom stereocenters. The lowest BCUT2D eigenvalue weighted by molar-refractivity contribution is -0.160. The van der Waals surface area contributed by atoms with E-state index in [1.54, 1.807) is 0 Å². The van der Waals surface area contributed by atoms with Crippen LogP contribution < -0.4 is 0 Å². The van der Waals surface area contributed by atoms with Crippen molar-refractivity contribution in [1.82, 2.24) is 0 Å². The third kappa shape index (κ3) is 3.19. The van der Waals surface area contributed by atoms with E-state index in [4.69, 9.17) is 39.5 Å². The second kappa shape index (κ2) is 3.48. The SMILES string of the molecule is CC1(C)CC(=O)OC(C(Cl)(Cl)Cl)C1. The summed E-state index contributed by atoms with van der Waals surface area (Å²) >= 11 is 17.0. The largest absolute Gasteiger partial charge is 0.458 e. The molecule has 1 atom stereocenters. The van der Waals surface area contributed by atoms with Gasteiger partial charge in [0.1, 0.15) is 6.10 Å². The highest BCUT2D eigenvalue weighted by molar-refractivity contribution is 6.68. The van der Waals surface area contributed by atoms with Gasteiger partial charge in [-0.05, 0) is 11.8 Å². The van der Waals surface area contributed by atoms with Crippen molar-refractivity contribution < 1.29 is 9.53 Å². The van der Waals surface area contributed by atoms with Crippen LogP contribution in [0, 0.1) is 5.41 Å². The Morgan fingerprint density at radius 1 is 1.46 bits per heavy atom. The Bertz CT molecular complexity index is 220. The highest BCUT2D eigenvalue weighted by Crippen LogP contribution is 2.43. The molecule has 13 heavy (non-hydrogen) atoms. The van der Waals surface area contributed by atoms with Crippen LogP contribution in [0.4, 0.5) is 0 Å². The minimum atomic E-state index is -1.52. The van der Waals surface area contributed by atoms with Gasteiger partial charge in [-0.15, -0.1) is 0 Å². The van der Waals surface area contributed by atoms with Gasteiger partial charge in [0.2, 0.25) is 3.79 Å². The molecule has 0 amide bonds. The van der Waals surface area contributed by atoms with Crippen LogP contribution in [0.3, 0.4) is 0 Å². The second-order valence-electron chi connectivity index (χ2n) is 4.07. The van der Waals surface area contributed by atoms with Crippen LogP contribution in [0.2, 0.25) is 0 Å². The Hall–Kier alpha value is 0.340. The van der Waals surface area contributed by atoms with Gasteiger partial charge in [-0.1, -0.05) is 48.7 Å². The quantitative estimate of drug-likeness (QED) is 0.484. The molecule has 1 heterocycles. The van der Waals surface area contributed by atoms with Crippen molar-refractivity contribution in [3.05, 3.63) is 0 Å². The molecule has 0 aromatic carbocycles. The highest BCUT2D eigenvalue weighted by Gasteiger charge is 2.44. The summed E-state index contributed by atoms with van der Waals surface area (Å²) in [6, 6.07) is 0. The third-order valence-electron chi connectivity index (χ3n) is 2.00. The Morgan fingerprint density at radius 3 is 2.38 bits per heavy atom. The van der Waals surface area contributed by atoms with E-state index in [0.717, 1.165) is 0 Å². The number of hydrogen-bond donors (Lipinski definition) is 0. The second-order valence-corrected chi connectivity index (χ2v) is 6.43. The van der Waals surface area contributed by atoms with Gasteiger partial charge in [-0.25, -0.2) is 0 Å². The third-order valence-corrected chi connectivity index (χ3v) is 2.73. The molecule has 1 aliphatic heterocycles. The zero-order chi connectivity index (χ0) is 10.3. The lowest BCUT2D eigenvalue weighted by atomic mass is 9.82. The summed E-state index contributed by atoms with van der Waals surface area (Å²) in [6.45, 7) is 3.91. The van der Waals surface area contributed by atoms with Crippen molar-refractivity contribution >= 4 is 40.8 Å². The van der Waals surface area contributed by atoms with Crippen LogP contribution in [0.5, 0.6) is 0 Å². The number of halogens is 3. The summed E-state index contributed by atoms with van der Waals surface area (Å²) in [5.41, 5.74) is -0.149. The molecule has 5 heteroatoms. The average Bonchev–Trinajstić information content (AvgIpc) is 1.79. The van der Waals surface area contributed by atoms with E-state index in [1.165, 1.54) is 0 Å². The molecule has 0 bridgehead atoms. The molecule has 0 N–H and O–H groups in total. The van der Waals surface area contributed by atoms with Gasteiger partial charge in [0.05, 0.1) is 6.42 Å². The lowest BCUT2D eigenvalue weighted by Crippen LogP contribution is -2.41. The zero-order valence-corrected chi connectivity index (χ0v) is 9.71. The fourth-order valence-electron chi connectivity index (χ4n) is 1.39. The molecule has 1 aliphatic rings. The average molecular weight is 246 g/mol. The minimum Gasteiger partial charge on any atom is -0.458 e. The van der Waals surface area contributed by atoms with E-state index in [0.29, 0.717) is 12.8 Å². The van der Waals surface area contributed by atoms with Gasteiger partial charge < -0.3 is 4.74 Å². The van der Waals surface area contributed by atoms with Crippen LogP contribution in [0.1, 0.15) is 26.7 Å². The Kier molecular flexibility index (Phi) is 3.06. The number of carbonyl (C=O) groups excluding carboxylic acids is 1. The van der Waals surface area contributed by atoms with Gasteiger partial charge in [-0.2, -0.15) is 0 Å².